The normalized spacial score (nSPS) is 34.7. The first-order chi connectivity index (χ1) is 9.02. The van der Waals surface area contributed by atoms with Crippen LogP contribution in [-0.2, 0) is 9.59 Å². The van der Waals surface area contributed by atoms with E-state index in [0.29, 0.717) is 37.8 Å². The number of aliphatic hydroxyl groups excluding tert-OH is 1. The van der Waals surface area contributed by atoms with Gasteiger partial charge in [-0.05, 0) is 37.5 Å². The minimum absolute atomic E-state index is 0.0113. The number of amides is 1. The van der Waals surface area contributed by atoms with E-state index in [0.717, 1.165) is 12.8 Å². The number of likely N-dealkylation sites (tertiary alicyclic amines) is 1. The monoisotopic (exact) mass is 269 g/mol. The van der Waals surface area contributed by atoms with Crippen LogP contribution in [0.25, 0.3) is 0 Å². The van der Waals surface area contributed by atoms with E-state index in [1.165, 1.54) is 0 Å². The van der Waals surface area contributed by atoms with Crippen LogP contribution in [0.2, 0.25) is 0 Å². The van der Waals surface area contributed by atoms with Gasteiger partial charge < -0.3 is 15.1 Å². The van der Waals surface area contributed by atoms with E-state index in [4.69, 9.17) is 5.11 Å². The number of carboxylic acid groups (broad SMARTS) is 1. The molecule has 2 fully saturated rings. The lowest BCUT2D eigenvalue weighted by molar-refractivity contribution is -0.148. The predicted octanol–water partition coefficient (Wildman–Crippen LogP) is 0.964. The van der Waals surface area contributed by atoms with E-state index in [1.54, 1.807) is 4.90 Å². The maximum absolute atomic E-state index is 12.5. The molecule has 0 aromatic rings. The molecule has 1 aliphatic heterocycles. The van der Waals surface area contributed by atoms with Crippen LogP contribution in [0.5, 0.6) is 0 Å². The highest BCUT2D eigenvalue weighted by Crippen LogP contribution is 2.38. The second-order valence-corrected chi connectivity index (χ2v) is 6.08. The van der Waals surface area contributed by atoms with Gasteiger partial charge in [-0.15, -0.1) is 0 Å². The van der Waals surface area contributed by atoms with Crippen molar-refractivity contribution in [2.45, 2.75) is 32.6 Å². The average molecular weight is 269 g/mol. The van der Waals surface area contributed by atoms with Crippen molar-refractivity contribution in [3.63, 3.8) is 0 Å². The van der Waals surface area contributed by atoms with Crippen molar-refractivity contribution in [1.29, 1.82) is 0 Å². The lowest BCUT2D eigenvalue weighted by atomic mass is 9.95. The Bertz CT molecular complexity index is 357. The van der Waals surface area contributed by atoms with Crippen molar-refractivity contribution < 1.29 is 19.8 Å². The number of hydrogen-bond acceptors (Lipinski definition) is 3. The third-order valence-corrected chi connectivity index (χ3v) is 4.57. The first kappa shape index (κ1) is 14.3. The number of aliphatic carboxylic acids is 1. The maximum atomic E-state index is 12.5. The van der Waals surface area contributed by atoms with Crippen molar-refractivity contribution in [2.75, 3.05) is 19.7 Å². The summed E-state index contributed by atoms with van der Waals surface area (Å²) in [5.41, 5.74) is 0. The zero-order chi connectivity index (χ0) is 14.0. The Labute approximate surface area is 113 Å². The zero-order valence-corrected chi connectivity index (χ0v) is 11.4. The topological polar surface area (TPSA) is 77.8 Å². The van der Waals surface area contributed by atoms with Crippen LogP contribution in [-0.4, -0.2) is 46.7 Å². The van der Waals surface area contributed by atoms with Gasteiger partial charge in [0.15, 0.2) is 0 Å². The fourth-order valence-electron chi connectivity index (χ4n) is 3.52. The lowest BCUT2D eigenvalue weighted by Crippen LogP contribution is -2.38. The predicted molar refractivity (Wildman–Crippen MR) is 69.4 cm³/mol. The standard InChI is InChI=1S/C14H23NO4/c1-9-6-11(12(7-9)14(18)19)13(17)15-4-2-10(8-15)3-5-16/h9-12,16H,2-8H2,1H3,(H,18,19)/t9?,10?,11-,12+/m0/s1. The molecule has 1 aliphatic carbocycles. The van der Waals surface area contributed by atoms with E-state index in [-0.39, 0.29) is 18.4 Å². The Morgan fingerprint density at radius 1 is 1.26 bits per heavy atom. The number of nitrogens with zero attached hydrogens (tertiary/aromatic N) is 1. The molecule has 0 aromatic carbocycles. The van der Waals surface area contributed by atoms with Gasteiger partial charge in [-0.3, -0.25) is 9.59 Å². The number of carbonyl (C=O) groups excluding carboxylic acids is 1. The summed E-state index contributed by atoms with van der Waals surface area (Å²) in [6.45, 7) is 3.56. The molecule has 5 nitrogen and oxygen atoms in total. The molecule has 0 bridgehead atoms. The van der Waals surface area contributed by atoms with Crippen molar-refractivity contribution in [3.05, 3.63) is 0 Å². The summed E-state index contributed by atoms with van der Waals surface area (Å²) < 4.78 is 0. The molecule has 2 rings (SSSR count). The molecule has 0 aromatic heterocycles. The second kappa shape index (κ2) is 5.90. The fourth-order valence-corrected chi connectivity index (χ4v) is 3.52. The first-order valence-corrected chi connectivity index (χ1v) is 7.15. The smallest absolute Gasteiger partial charge is 0.307 e. The highest BCUT2D eigenvalue weighted by Gasteiger charge is 2.43. The van der Waals surface area contributed by atoms with Gasteiger partial charge in [0, 0.05) is 19.7 Å². The zero-order valence-electron chi connectivity index (χ0n) is 11.4. The van der Waals surface area contributed by atoms with Crippen LogP contribution in [0.4, 0.5) is 0 Å². The Morgan fingerprint density at radius 2 is 1.95 bits per heavy atom. The van der Waals surface area contributed by atoms with Crippen LogP contribution in [0.3, 0.4) is 0 Å². The molecular weight excluding hydrogens is 246 g/mol. The van der Waals surface area contributed by atoms with Crippen LogP contribution in [0, 0.1) is 23.7 Å². The number of hydrogen-bond donors (Lipinski definition) is 2. The van der Waals surface area contributed by atoms with E-state index in [2.05, 4.69) is 0 Å². The van der Waals surface area contributed by atoms with Gasteiger partial charge in [-0.2, -0.15) is 0 Å². The van der Waals surface area contributed by atoms with Gasteiger partial charge >= 0.3 is 5.97 Å². The highest BCUT2D eigenvalue weighted by atomic mass is 16.4. The van der Waals surface area contributed by atoms with E-state index < -0.39 is 11.9 Å². The Morgan fingerprint density at radius 3 is 2.58 bits per heavy atom. The van der Waals surface area contributed by atoms with Crippen molar-refractivity contribution >= 4 is 11.9 Å². The van der Waals surface area contributed by atoms with E-state index in [1.807, 2.05) is 6.92 Å². The van der Waals surface area contributed by atoms with Crippen molar-refractivity contribution in [3.8, 4) is 0 Å². The Kier molecular flexibility index (Phi) is 4.45. The molecule has 1 saturated heterocycles. The summed E-state index contributed by atoms with van der Waals surface area (Å²) in [5, 5.41) is 18.2. The number of aliphatic hydroxyl groups is 1. The molecule has 0 radical (unpaired) electrons. The van der Waals surface area contributed by atoms with Gasteiger partial charge in [-0.25, -0.2) is 0 Å². The quantitative estimate of drug-likeness (QED) is 0.797. The van der Waals surface area contributed by atoms with Gasteiger partial charge in [0.25, 0.3) is 0 Å². The SMILES string of the molecule is CC1C[C@H](C(=O)N2CCC(CCO)C2)[C@H](C(=O)O)C1. The third kappa shape index (κ3) is 3.08. The van der Waals surface area contributed by atoms with E-state index in [9.17, 15) is 14.7 Å². The number of rotatable bonds is 4. The summed E-state index contributed by atoms with van der Waals surface area (Å²) in [4.78, 5) is 25.5. The Hall–Kier alpha value is -1.10. The minimum Gasteiger partial charge on any atom is -0.481 e. The minimum atomic E-state index is -0.839. The van der Waals surface area contributed by atoms with E-state index >= 15 is 0 Å². The molecule has 2 aliphatic rings. The van der Waals surface area contributed by atoms with Crippen LogP contribution in [0.15, 0.2) is 0 Å². The molecule has 0 spiro atoms. The summed E-state index contributed by atoms with van der Waals surface area (Å²) in [6.07, 6.45) is 2.95. The third-order valence-electron chi connectivity index (χ3n) is 4.57. The summed E-state index contributed by atoms with van der Waals surface area (Å²) in [6, 6.07) is 0. The average Bonchev–Trinajstić information content (AvgIpc) is 2.95. The van der Waals surface area contributed by atoms with Crippen LogP contribution < -0.4 is 0 Å². The van der Waals surface area contributed by atoms with Crippen molar-refractivity contribution in [1.82, 2.24) is 4.90 Å². The van der Waals surface area contributed by atoms with Crippen LogP contribution in [0.1, 0.15) is 32.6 Å². The summed E-state index contributed by atoms with van der Waals surface area (Å²) in [7, 11) is 0. The molecule has 2 N–H and O–H groups in total. The molecule has 1 amide bonds. The lowest BCUT2D eigenvalue weighted by Gasteiger charge is -2.23. The highest BCUT2D eigenvalue weighted by molar-refractivity contribution is 5.85. The molecule has 1 saturated carbocycles. The van der Waals surface area contributed by atoms with Gasteiger partial charge in [0.05, 0.1) is 11.8 Å². The van der Waals surface area contributed by atoms with Gasteiger partial charge in [0.2, 0.25) is 5.91 Å². The van der Waals surface area contributed by atoms with Crippen LogP contribution >= 0.6 is 0 Å². The molecule has 108 valence electrons. The maximum Gasteiger partial charge on any atom is 0.307 e. The molecule has 19 heavy (non-hydrogen) atoms. The molecule has 1 heterocycles. The largest absolute Gasteiger partial charge is 0.481 e. The first-order valence-electron chi connectivity index (χ1n) is 7.15. The summed E-state index contributed by atoms with van der Waals surface area (Å²) >= 11 is 0. The molecule has 4 atom stereocenters. The molecule has 2 unspecified atom stereocenters. The number of carboxylic acids is 1. The van der Waals surface area contributed by atoms with Gasteiger partial charge in [-0.1, -0.05) is 6.92 Å². The van der Waals surface area contributed by atoms with Gasteiger partial charge in [0.1, 0.15) is 0 Å². The fraction of sp³-hybridized carbons (Fsp3) is 0.857. The second-order valence-electron chi connectivity index (χ2n) is 6.08. The summed E-state index contributed by atoms with van der Waals surface area (Å²) in [5.74, 6) is -1.01. The molecule has 5 heteroatoms. The number of carbonyl (C=O) groups is 2. The van der Waals surface area contributed by atoms with Crippen molar-refractivity contribution in [2.24, 2.45) is 23.7 Å². The molecular formula is C14H23NO4. The Balaban J connectivity index is 1.97.